The van der Waals surface area contributed by atoms with Gasteiger partial charge in [-0.1, -0.05) is 42.5 Å². The van der Waals surface area contributed by atoms with Crippen LogP contribution < -0.4 is 20.7 Å². The molecule has 0 fully saturated rings. The second-order valence-corrected chi connectivity index (χ2v) is 6.66. The lowest BCUT2D eigenvalue weighted by atomic mass is 10.2. The van der Waals surface area contributed by atoms with Gasteiger partial charge in [-0.15, -0.1) is 0 Å². The maximum atomic E-state index is 10.8. The van der Waals surface area contributed by atoms with Crippen molar-refractivity contribution in [3.8, 4) is 11.5 Å². The molecular formula is C22H21N5O2. The van der Waals surface area contributed by atoms with Gasteiger partial charge in [0, 0.05) is 31.9 Å². The van der Waals surface area contributed by atoms with E-state index in [2.05, 4.69) is 44.5 Å². The molecule has 4 rings (SSSR count). The van der Waals surface area contributed by atoms with Crippen LogP contribution in [0.3, 0.4) is 0 Å². The fraction of sp³-hybridized carbons (Fsp3) is 0.182. The third-order valence-corrected chi connectivity index (χ3v) is 4.63. The number of hydrogen-bond acceptors (Lipinski definition) is 6. The standard InChI is InChI=1S/C22H21N5O2/c28-21(29)8-12-24-19-15-20(26-22(25-19)18-7-3-4-11-23-18)27-13-9-16-5-1-2-6-17(16)10-14-27/h1-7,9-11,15H,8,12-14H2,(H,28,29)(H,24,25,26). The topological polar surface area (TPSA) is 91.2 Å². The zero-order valence-electron chi connectivity index (χ0n) is 15.8. The summed E-state index contributed by atoms with van der Waals surface area (Å²) in [7, 11) is 0. The smallest absolute Gasteiger partial charge is 0.305 e. The van der Waals surface area contributed by atoms with Crippen LogP contribution in [0.15, 0.2) is 54.7 Å². The van der Waals surface area contributed by atoms with Crippen molar-refractivity contribution in [3.05, 3.63) is 65.2 Å². The largest absolute Gasteiger partial charge is 0.481 e. The third kappa shape index (κ3) is 4.57. The van der Waals surface area contributed by atoms with Crippen LogP contribution in [0.4, 0.5) is 11.6 Å². The molecule has 0 spiro atoms. The van der Waals surface area contributed by atoms with Crippen LogP contribution in [-0.2, 0) is 4.79 Å². The monoisotopic (exact) mass is 387 g/mol. The number of fused-ring (bicyclic) bond motifs is 1. The highest BCUT2D eigenvalue weighted by atomic mass is 16.4. The van der Waals surface area contributed by atoms with Crippen LogP contribution in [0.1, 0.15) is 6.42 Å². The summed E-state index contributed by atoms with van der Waals surface area (Å²) in [5.41, 5.74) is 0.668. The first kappa shape index (κ1) is 18.6. The van der Waals surface area contributed by atoms with Crippen molar-refractivity contribution in [1.82, 2.24) is 15.0 Å². The van der Waals surface area contributed by atoms with Crippen LogP contribution in [-0.4, -0.2) is 45.7 Å². The third-order valence-electron chi connectivity index (χ3n) is 4.63. The quantitative estimate of drug-likeness (QED) is 0.662. The van der Waals surface area contributed by atoms with E-state index in [-0.39, 0.29) is 13.0 Å². The molecule has 0 saturated carbocycles. The van der Waals surface area contributed by atoms with Gasteiger partial charge >= 0.3 is 5.97 Å². The number of hydrogen-bond donors (Lipinski definition) is 2. The predicted molar refractivity (Wildman–Crippen MR) is 113 cm³/mol. The average molecular weight is 387 g/mol. The molecule has 0 radical (unpaired) electrons. The van der Waals surface area contributed by atoms with E-state index in [1.54, 1.807) is 6.20 Å². The fourth-order valence-electron chi connectivity index (χ4n) is 3.16. The lowest BCUT2D eigenvalue weighted by Crippen LogP contribution is -2.24. The number of aliphatic carboxylic acids is 1. The van der Waals surface area contributed by atoms with Crippen molar-refractivity contribution in [3.63, 3.8) is 0 Å². The Morgan fingerprint density at radius 2 is 1.76 bits per heavy atom. The maximum absolute atomic E-state index is 10.8. The van der Waals surface area contributed by atoms with Crippen LogP contribution in [0.25, 0.3) is 23.7 Å². The van der Waals surface area contributed by atoms with Gasteiger partial charge in [-0.05, 0) is 22.6 Å². The van der Waals surface area contributed by atoms with Gasteiger partial charge in [0.05, 0.1) is 6.42 Å². The molecule has 7 heteroatoms. The minimum Gasteiger partial charge on any atom is -0.481 e. The maximum Gasteiger partial charge on any atom is 0.305 e. The number of pyridine rings is 1. The Bertz CT molecular complexity index is 1090. The van der Waals surface area contributed by atoms with Gasteiger partial charge in [-0.25, -0.2) is 9.97 Å². The molecule has 1 aliphatic heterocycles. The van der Waals surface area contributed by atoms with Crippen molar-refractivity contribution >= 4 is 29.8 Å². The zero-order valence-corrected chi connectivity index (χ0v) is 15.8. The molecule has 0 saturated heterocycles. The van der Waals surface area contributed by atoms with Crippen LogP contribution in [0, 0.1) is 0 Å². The zero-order chi connectivity index (χ0) is 20.1. The summed E-state index contributed by atoms with van der Waals surface area (Å²) >= 11 is 0. The summed E-state index contributed by atoms with van der Waals surface area (Å²) in [6, 6.07) is 15.7. The van der Waals surface area contributed by atoms with Gasteiger partial charge in [0.15, 0.2) is 5.82 Å². The number of carbonyl (C=O) groups is 1. The highest BCUT2D eigenvalue weighted by Crippen LogP contribution is 2.21. The normalized spacial score (nSPS) is 12.9. The Morgan fingerprint density at radius 3 is 2.41 bits per heavy atom. The second kappa shape index (κ2) is 8.52. The highest BCUT2D eigenvalue weighted by molar-refractivity contribution is 5.67. The summed E-state index contributed by atoms with van der Waals surface area (Å²) in [5.74, 6) is 0.992. The van der Waals surface area contributed by atoms with Gasteiger partial charge < -0.3 is 15.3 Å². The lowest BCUT2D eigenvalue weighted by Gasteiger charge is -2.21. The first-order chi connectivity index (χ1) is 14.2. The number of carboxylic acids is 1. The van der Waals surface area contributed by atoms with E-state index in [1.165, 1.54) is 10.4 Å². The minimum absolute atomic E-state index is 0.0127. The summed E-state index contributed by atoms with van der Waals surface area (Å²) < 4.78 is 0. The van der Waals surface area contributed by atoms with E-state index in [0.717, 1.165) is 5.82 Å². The number of benzene rings is 1. The molecule has 0 bridgehead atoms. The molecule has 1 aromatic carbocycles. The van der Waals surface area contributed by atoms with Crippen LogP contribution in [0.2, 0.25) is 0 Å². The molecule has 3 heterocycles. The molecule has 0 amide bonds. The molecule has 7 nitrogen and oxygen atoms in total. The van der Waals surface area contributed by atoms with Gasteiger partial charge in [0.2, 0.25) is 0 Å². The van der Waals surface area contributed by atoms with Gasteiger partial charge in [0.1, 0.15) is 17.3 Å². The first-order valence-electron chi connectivity index (χ1n) is 9.45. The number of nitrogens with zero attached hydrogens (tertiary/aromatic N) is 4. The Kier molecular flexibility index (Phi) is 5.47. The molecule has 2 N–H and O–H groups in total. The first-order valence-corrected chi connectivity index (χ1v) is 9.45. The van der Waals surface area contributed by atoms with Crippen molar-refractivity contribution in [2.45, 2.75) is 6.42 Å². The predicted octanol–water partition coefficient (Wildman–Crippen LogP) is 1.51. The molecule has 146 valence electrons. The van der Waals surface area contributed by atoms with E-state index in [4.69, 9.17) is 10.1 Å². The molecular weight excluding hydrogens is 366 g/mol. The van der Waals surface area contributed by atoms with E-state index in [0.29, 0.717) is 30.4 Å². The Balaban J connectivity index is 1.68. The van der Waals surface area contributed by atoms with Crippen molar-refractivity contribution in [2.24, 2.45) is 0 Å². The molecule has 3 aromatic rings. The minimum atomic E-state index is -0.855. The molecule has 0 unspecified atom stereocenters. The molecule has 1 aliphatic rings. The molecule has 2 aromatic heterocycles. The lowest BCUT2D eigenvalue weighted by molar-refractivity contribution is -0.136. The van der Waals surface area contributed by atoms with E-state index in [9.17, 15) is 4.79 Å². The Hall–Kier alpha value is -3.74. The van der Waals surface area contributed by atoms with E-state index < -0.39 is 5.97 Å². The summed E-state index contributed by atoms with van der Waals surface area (Å²) in [6.07, 6.45) is 6.07. The van der Waals surface area contributed by atoms with Crippen LogP contribution >= 0.6 is 0 Å². The Morgan fingerprint density at radius 1 is 1.03 bits per heavy atom. The Labute approximate surface area is 168 Å². The molecule has 29 heavy (non-hydrogen) atoms. The van der Waals surface area contributed by atoms with Gasteiger partial charge in [-0.3, -0.25) is 9.78 Å². The van der Waals surface area contributed by atoms with Gasteiger partial charge in [-0.2, -0.15) is 0 Å². The molecule has 0 atom stereocenters. The number of carboxylic acid groups (broad SMARTS) is 1. The van der Waals surface area contributed by atoms with Crippen molar-refractivity contribution < 1.29 is 9.90 Å². The van der Waals surface area contributed by atoms with Crippen molar-refractivity contribution in [1.29, 1.82) is 0 Å². The van der Waals surface area contributed by atoms with E-state index in [1.807, 2.05) is 36.4 Å². The second-order valence-electron chi connectivity index (χ2n) is 6.66. The highest BCUT2D eigenvalue weighted by Gasteiger charge is 2.13. The number of rotatable bonds is 6. The average Bonchev–Trinajstić information content (AvgIpc) is 2.97. The van der Waals surface area contributed by atoms with Crippen molar-refractivity contribution in [2.75, 3.05) is 29.9 Å². The summed E-state index contributed by atoms with van der Waals surface area (Å²) in [4.78, 5) is 26.6. The number of aromatic nitrogens is 3. The van der Waals surface area contributed by atoms with Crippen LogP contribution in [0.5, 0.6) is 0 Å². The fourth-order valence-corrected chi connectivity index (χ4v) is 3.16. The number of nitrogens with one attached hydrogen (secondary N) is 1. The van der Waals surface area contributed by atoms with E-state index >= 15 is 0 Å². The SMILES string of the molecule is O=C(O)CCNc1cc(N2CC=c3ccccc3=CC2)nc(-c2ccccn2)n1. The summed E-state index contributed by atoms with van der Waals surface area (Å²) in [5, 5.41) is 14.4. The summed E-state index contributed by atoms with van der Waals surface area (Å²) in [6.45, 7) is 1.71. The van der Waals surface area contributed by atoms with Gasteiger partial charge in [0.25, 0.3) is 0 Å². The molecule has 0 aliphatic carbocycles. The number of anilines is 2.